The molecule has 0 aliphatic carbocycles. The Morgan fingerprint density at radius 1 is 1.11 bits per heavy atom. The number of rotatable bonds is 4. The summed E-state index contributed by atoms with van der Waals surface area (Å²) in [4.78, 5) is 12.3. The van der Waals surface area contributed by atoms with Crippen molar-refractivity contribution in [1.29, 1.82) is 0 Å². The van der Waals surface area contributed by atoms with Gasteiger partial charge in [-0.05, 0) is 67.1 Å². The summed E-state index contributed by atoms with van der Waals surface area (Å²) in [6.45, 7) is 6.16. The molecule has 0 unspecified atom stereocenters. The van der Waals surface area contributed by atoms with E-state index in [0.717, 1.165) is 27.7 Å². The van der Waals surface area contributed by atoms with Gasteiger partial charge in [-0.25, -0.2) is 4.39 Å². The molecule has 2 aromatic heterocycles. The van der Waals surface area contributed by atoms with E-state index in [4.69, 9.17) is 0 Å². The van der Waals surface area contributed by atoms with Gasteiger partial charge < -0.3 is 5.32 Å². The van der Waals surface area contributed by atoms with Crippen LogP contribution in [0, 0.1) is 26.6 Å². The van der Waals surface area contributed by atoms with Crippen LogP contribution >= 0.6 is 11.8 Å². The van der Waals surface area contributed by atoms with Crippen LogP contribution in [0.2, 0.25) is 0 Å². The first-order valence-electron chi connectivity index (χ1n) is 8.87. The van der Waals surface area contributed by atoms with E-state index >= 15 is 0 Å². The van der Waals surface area contributed by atoms with Crippen LogP contribution < -0.4 is 5.32 Å². The number of nitrogens with zero attached hydrogens (tertiary/aromatic N) is 3. The number of aryl methyl sites for hydroxylation is 3. The number of amides is 1. The van der Waals surface area contributed by atoms with Gasteiger partial charge in [0.25, 0.3) is 0 Å². The van der Waals surface area contributed by atoms with Gasteiger partial charge in [-0.2, -0.15) is 0 Å². The molecule has 0 bridgehead atoms. The van der Waals surface area contributed by atoms with Gasteiger partial charge in [0.2, 0.25) is 5.91 Å². The SMILES string of the molecule is Cc1ccc2cc(C)c3nnc(SCC(=O)Nc4cccc(F)c4)n3c2c1C. The van der Waals surface area contributed by atoms with Crippen molar-refractivity contribution in [3.8, 4) is 0 Å². The van der Waals surface area contributed by atoms with Gasteiger partial charge in [0.15, 0.2) is 10.8 Å². The number of benzene rings is 2. The van der Waals surface area contributed by atoms with Crippen LogP contribution in [0.3, 0.4) is 0 Å². The quantitative estimate of drug-likeness (QED) is 0.511. The molecule has 4 aromatic rings. The second-order valence-corrected chi connectivity index (χ2v) is 7.70. The maximum Gasteiger partial charge on any atom is 0.234 e. The van der Waals surface area contributed by atoms with E-state index in [1.165, 1.54) is 29.5 Å². The average molecular weight is 394 g/mol. The highest BCUT2D eigenvalue weighted by molar-refractivity contribution is 7.99. The minimum atomic E-state index is -0.387. The summed E-state index contributed by atoms with van der Waals surface area (Å²) in [7, 11) is 0. The van der Waals surface area contributed by atoms with E-state index in [1.807, 2.05) is 11.3 Å². The Labute approximate surface area is 166 Å². The van der Waals surface area contributed by atoms with Crippen LogP contribution in [-0.4, -0.2) is 26.3 Å². The monoisotopic (exact) mass is 394 g/mol. The van der Waals surface area contributed by atoms with Gasteiger partial charge in [-0.1, -0.05) is 30.0 Å². The van der Waals surface area contributed by atoms with Crippen LogP contribution in [0.5, 0.6) is 0 Å². The van der Waals surface area contributed by atoms with Gasteiger partial charge in [-0.15, -0.1) is 10.2 Å². The number of pyridine rings is 1. The summed E-state index contributed by atoms with van der Waals surface area (Å²) in [5.41, 5.74) is 5.65. The van der Waals surface area contributed by atoms with Crippen molar-refractivity contribution in [2.75, 3.05) is 11.1 Å². The number of aromatic nitrogens is 3. The Morgan fingerprint density at radius 3 is 2.71 bits per heavy atom. The summed E-state index contributed by atoms with van der Waals surface area (Å²) in [5, 5.41) is 13.1. The van der Waals surface area contributed by atoms with Crippen LogP contribution in [-0.2, 0) is 4.79 Å². The van der Waals surface area contributed by atoms with Crippen LogP contribution in [0.4, 0.5) is 10.1 Å². The zero-order valence-corrected chi connectivity index (χ0v) is 16.6. The van der Waals surface area contributed by atoms with Crippen molar-refractivity contribution in [2.45, 2.75) is 25.9 Å². The van der Waals surface area contributed by atoms with E-state index in [2.05, 4.69) is 47.6 Å². The molecule has 5 nitrogen and oxygen atoms in total. The summed E-state index contributed by atoms with van der Waals surface area (Å²) in [5.74, 6) is -0.462. The molecule has 2 heterocycles. The number of carbonyl (C=O) groups is 1. The molecular weight excluding hydrogens is 375 g/mol. The molecule has 0 fully saturated rings. The molecule has 0 saturated heterocycles. The molecule has 0 spiro atoms. The van der Waals surface area contributed by atoms with E-state index in [1.54, 1.807) is 12.1 Å². The van der Waals surface area contributed by atoms with Gasteiger partial charge in [0.1, 0.15) is 5.82 Å². The Kier molecular flexibility index (Phi) is 4.77. The fourth-order valence-electron chi connectivity index (χ4n) is 3.25. The minimum Gasteiger partial charge on any atom is -0.325 e. The molecule has 0 aliphatic heterocycles. The second kappa shape index (κ2) is 7.24. The van der Waals surface area contributed by atoms with Crippen molar-refractivity contribution in [3.63, 3.8) is 0 Å². The third kappa shape index (κ3) is 3.33. The van der Waals surface area contributed by atoms with E-state index in [-0.39, 0.29) is 17.5 Å². The zero-order chi connectivity index (χ0) is 19.8. The predicted molar refractivity (Wildman–Crippen MR) is 110 cm³/mol. The molecular formula is C21H19FN4OS. The summed E-state index contributed by atoms with van der Waals surface area (Å²) < 4.78 is 15.3. The summed E-state index contributed by atoms with van der Waals surface area (Å²) in [6.07, 6.45) is 0. The first-order valence-corrected chi connectivity index (χ1v) is 9.85. The van der Waals surface area contributed by atoms with Gasteiger partial charge in [0, 0.05) is 5.69 Å². The molecule has 28 heavy (non-hydrogen) atoms. The van der Waals surface area contributed by atoms with Crippen LogP contribution in [0.15, 0.2) is 47.6 Å². The zero-order valence-electron chi connectivity index (χ0n) is 15.8. The van der Waals surface area contributed by atoms with Crippen molar-refractivity contribution >= 4 is 39.9 Å². The Balaban J connectivity index is 1.66. The number of anilines is 1. The molecule has 0 atom stereocenters. The number of hydrogen-bond donors (Lipinski definition) is 1. The van der Waals surface area contributed by atoms with Crippen LogP contribution in [0.1, 0.15) is 16.7 Å². The molecule has 1 amide bonds. The smallest absolute Gasteiger partial charge is 0.234 e. The molecule has 142 valence electrons. The lowest BCUT2D eigenvalue weighted by atomic mass is 10.0. The molecule has 0 saturated carbocycles. The number of nitrogens with one attached hydrogen (secondary N) is 1. The van der Waals surface area contributed by atoms with Gasteiger partial charge in [0.05, 0.1) is 11.3 Å². The number of fused-ring (bicyclic) bond motifs is 3. The van der Waals surface area contributed by atoms with Gasteiger partial charge >= 0.3 is 0 Å². The second-order valence-electron chi connectivity index (χ2n) is 6.76. The molecule has 0 aliphatic rings. The van der Waals surface area contributed by atoms with Crippen molar-refractivity contribution in [2.24, 2.45) is 0 Å². The van der Waals surface area contributed by atoms with E-state index in [0.29, 0.717) is 10.8 Å². The first-order chi connectivity index (χ1) is 13.4. The van der Waals surface area contributed by atoms with Crippen LogP contribution in [0.25, 0.3) is 16.6 Å². The molecule has 1 N–H and O–H groups in total. The standard InChI is InChI=1S/C21H19FN4OS/c1-12-7-8-15-9-13(2)20-24-25-21(26(20)19(15)14(12)3)28-11-18(27)23-17-6-4-5-16(22)10-17/h4-10H,11H2,1-3H3,(H,23,27). The lowest BCUT2D eigenvalue weighted by Crippen LogP contribution is -2.14. The molecule has 2 aromatic carbocycles. The highest BCUT2D eigenvalue weighted by Gasteiger charge is 2.16. The number of thioether (sulfide) groups is 1. The van der Waals surface area contributed by atoms with E-state index < -0.39 is 0 Å². The third-order valence-electron chi connectivity index (χ3n) is 4.76. The topological polar surface area (TPSA) is 59.3 Å². The maximum atomic E-state index is 13.3. The Morgan fingerprint density at radius 2 is 1.93 bits per heavy atom. The lowest BCUT2D eigenvalue weighted by Gasteiger charge is -2.11. The lowest BCUT2D eigenvalue weighted by molar-refractivity contribution is -0.113. The minimum absolute atomic E-state index is 0.150. The molecule has 4 rings (SSSR count). The highest BCUT2D eigenvalue weighted by atomic mass is 32.2. The number of carbonyl (C=O) groups excluding carboxylic acids is 1. The molecule has 7 heteroatoms. The fourth-order valence-corrected chi connectivity index (χ4v) is 3.98. The number of halogens is 1. The first kappa shape index (κ1) is 18.4. The highest BCUT2D eigenvalue weighted by Crippen LogP contribution is 2.29. The van der Waals surface area contributed by atoms with E-state index in [9.17, 15) is 9.18 Å². The van der Waals surface area contributed by atoms with Crippen molar-refractivity contribution in [3.05, 3.63) is 65.0 Å². The normalized spacial score (nSPS) is 11.3. The largest absolute Gasteiger partial charge is 0.325 e. The Hall–Kier alpha value is -2.93. The fraction of sp³-hybridized carbons (Fsp3) is 0.190. The van der Waals surface area contributed by atoms with Gasteiger partial charge in [-0.3, -0.25) is 9.20 Å². The average Bonchev–Trinajstić information content (AvgIpc) is 3.08. The summed E-state index contributed by atoms with van der Waals surface area (Å²) >= 11 is 1.31. The maximum absolute atomic E-state index is 13.3. The predicted octanol–water partition coefficient (Wildman–Crippen LogP) is 4.68. The van der Waals surface area contributed by atoms with Crippen molar-refractivity contribution < 1.29 is 9.18 Å². The molecule has 0 radical (unpaired) electrons. The Bertz CT molecular complexity index is 1220. The third-order valence-corrected chi connectivity index (χ3v) is 5.68. The summed E-state index contributed by atoms with van der Waals surface area (Å²) in [6, 6.07) is 12.1. The number of hydrogen-bond acceptors (Lipinski definition) is 4. The van der Waals surface area contributed by atoms with Crippen molar-refractivity contribution in [1.82, 2.24) is 14.6 Å².